The second kappa shape index (κ2) is 8.37. The highest BCUT2D eigenvalue weighted by molar-refractivity contribution is 6.15. The van der Waals surface area contributed by atoms with E-state index in [1.807, 2.05) is 66.9 Å². The molecule has 0 saturated heterocycles. The molecule has 30 heavy (non-hydrogen) atoms. The fraction of sp³-hybridized carbons (Fsp3) is 0.115. The van der Waals surface area contributed by atoms with Crippen LogP contribution in [0.4, 0.5) is 15.8 Å². The van der Waals surface area contributed by atoms with Gasteiger partial charge < -0.3 is 4.98 Å². The fourth-order valence-corrected chi connectivity index (χ4v) is 3.63. The molecule has 3 aromatic carbocycles. The van der Waals surface area contributed by atoms with Crippen molar-refractivity contribution in [1.82, 2.24) is 4.98 Å². The summed E-state index contributed by atoms with van der Waals surface area (Å²) >= 11 is 0. The molecular formula is C26H23FN2O. The second-order valence-corrected chi connectivity index (χ2v) is 7.46. The first-order valence-electron chi connectivity index (χ1n) is 9.98. The number of aromatic amines is 1. The maximum Gasteiger partial charge on any atom is 0.265 e. The van der Waals surface area contributed by atoms with Crippen LogP contribution < -0.4 is 4.90 Å². The molecule has 0 bridgehead atoms. The van der Waals surface area contributed by atoms with E-state index in [0.717, 1.165) is 22.5 Å². The molecule has 3 nitrogen and oxygen atoms in total. The van der Waals surface area contributed by atoms with Crippen LogP contribution in [0.1, 0.15) is 35.8 Å². The highest BCUT2D eigenvalue weighted by Gasteiger charge is 2.27. The molecule has 0 aliphatic rings. The minimum atomic E-state index is -0.339. The predicted octanol–water partition coefficient (Wildman–Crippen LogP) is 6.92. The monoisotopic (exact) mass is 398 g/mol. The molecule has 0 saturated carbocycles. The van der Waals surface area contributed by atoms with Gasteiger partial charge in [0.15, 0.2) is 0 Å². The van der Waals surface area contributed by atoms with E-state index in [2.05, 4.69) is 18.8 Å². The van der Waals surface area contributed by atoms with Crippen LogP contribution in [0.5, 0.6) is 0 Å². The van der Waals surface area contributed by atoms with Crippen molar-refractivity contribution in [3.8, 4) is 11.1 Å². The number of carbonyl (C=O) groups is 1. The lowest BCUT2D eigenvalue weighted by Crippen LogP contribution is -2.27. The van der Waals surface area contributed by atoms with Gasteiger partial charge in [-0.1, -0.05) is 62.4 Å². The number of hydrogen-bond acceptors (Lipinski definition) is 1. The maximum absolute atomic E-state index is 14.0. The third-order valence-corrected chi connectivity index (χ3v) is 5.09. The number of anilines is 2. The van der Waals surface area contributed by atoms with E-state index in [-0.39, 0.29) is 17.6 Å². The smallest absolute Gasteiger partial charge is 0.265 e. The van der Waals surface area contributed by atoms with Crippen molar-refractivity contribution in [2.75, 3.05) is 4.90 Å². The number of nitrogens with one attached hydrogen (secondary N) is 1. The average molecular weight is 398 g/mol. The van der Waals surface area contributed by atoms with Crippen LogP contribution in [0, 0.1) is 5.82 Å². The van der Waals surface area contributed by atoms with Crippen LogP contribution in [-0.4, -0.2) is 10.9 Å². The minimum Gasteiger partial charge on any atom is -0.363 e. The fourth-order valence-electron chi connectivity index (χ4n) is 3.63. The first kappa shape index (κ1) is 19.6. The highest BCUT2D eigenvalue weighted by Crippen LogP contribution is 2.35. The third-order valence-electron chi connectivity index (χ3n) is 5.09. The van der Waals surface area contributed by atoms with Crippen LogP contribution in [0.3, 0.4) is 0 Å². The predicted molar refractivity (Wildman–Crippen MR) is 120 cm³/mol. The van der Waals surface area contributed by atoms with Gasteiger partial charge in [-0.3, -0.25) is 9.69 Å². The van der Waals surface area contributed by atoms with Gasteiger partial charge in [-0.2, -0.15) is 0 Å². The zero-order valence-corrected chi connectivity index (χ0v) is 17.0. The van der Waals surface area contributed by atoms with Crippen molar-refractivity contribution in [2.45, 2.75) is 19.8 Å². The zero-order chi connectivity index (χ0) is 21.1. The number of halogens is 1. The number of rotatable bonds is 5. The molecule has 0 fully saturated rings. The number of nitrogens with zero attached hydrogens (tertiary/aromatic N) is 1. The van der Waals surface area contributed by atoms with Crippen LogP contribution in [0.15, 0.2) is 91.1 Å². The van der Waals surface area contributed by atoms with Gasteiger partial charge in [-0.15, -0.1) is 0 Å². The Morgan fingerprint density at radius 1 is 0.833 bits per heavy atom. The Morgan fingerprint density at radius 2 is 1.40 bits per heavy atom. The molecule has 0 radical (unpaired) electrons. The summed E-state index contributed by atoms with van der Waals surface area (Å²) < 4.78 is 13.6. The highest BCUT2D eigenvalue weighted by atomic mass is 19.1. The van der Waals surface area contributed by atoms with Gasteiger partial charge >= 0.3 is 0 Å². The van der Waals surface area contributed by atoms with E-state index in [0.29, 0.717) is 11.3 Å². The molecule has 4 rings (SSSR count). The summed E-state index contributed by atoms with van der Waals surface area (Å²) in [6, 6.07) is 25.3. The molecule has 1 heterocycles. The van der Waals surface area contributed by atoms with Gasteiger partial charge in [-0.05, 0) is 47.9 Å². The molecule has 4 heteroatoms. The summed E-state index contributed by atoms with van der Waals surface area (Å²) in [5.74, 6) is -0.363. The average Bonchev–Trinajstić information content (AvgIpc) is 3.22. The molecule has 1 aromatic heterocycles. The normalized spacial score (nSPS) is 10.9. The number of aromatic nitrogens is 1. The Labute approximate surface area is 175 Å². The minimum absolute atomic E-state index is 0.132. The molecule has 0 aliphatic heterocycles. The van der Waals surface area contributed by atoms with Gasteiger partial charge in [-0.25, -0.2) is 4.39 Å². The van der Waals surface area contributed by atoms with Crippen LogP contribution in [0.2, 0.25) is 0 Å². The molecule has 1 N–H and O–H groups in total. The molecule has 0 aliphatic carbocycles. The Balaban J connectivity index is 1.90. The molecule has 1 amide bonds. The number of benzene rings is 3. The van der Waals surface area contributed by atoms with E-state index in [4.69, 9.17) is 0 Å². The Bertz CT molecular complexity index is 1130. The topological polar surface area (TPSA) is 36.1 Å². The Hall–Kier alpha value is -3.66. The first-order valence-corrected chi connectivity index (χ1v) is 9.98. The van der Waals surface area contributed by atoms with Gasteiger partial charge in [0.25, 0.3) is 5.91 Å². The number of amides is 1. The second-order valence-electron chi connectivity index (χ2n) is 7.46. The lowest BCUT2D eigenvalue weighted by molar-refractivity contribution is 0.0998. The number of carbonyl (C=O) groups excluding carboxylic acids is 1. The summed E-state index contributed by atoms with van der Waals surface area (Å²) in [5.41, 5.74) is 4.67. The lowest BCUT2D eigenvalue weighted by Gasteiger charge is -2.24. The molecule has 0 atom stereocenters. The quantitative estimate of drug-likeness (QED) is 0.389. The largest absolute Gasteiger partial charge is 0.363 e. The maximum atomic E-state index is 14.0. The van der Waals surface area contributed by atoms with Gasteiger partial charge in [0.05, 0.1) is 5.56 Å². The number of hydrogen-bond donors (Lipinski definition) is 1. The summed E-state index contributed by atoms with van der Waals surface area (Å²) in [4.78, 5) is 19.0. The van der Waals surface area contributed by atoms with Crippen molar-refractivity contribution in [2.24, 2.45) is 0 Å². The molecular weight excluding hydrogens is 375 g/mol. The zero-order valence-electron chi connectivity index (χ0n) is 17.0. The van der Waals surface area contributed by atoms with E-state index < -0.39 is 0 Å². The van der Waals surface area contributed by atoms with Crippen molar-refractivity contribution >= 4 is 17.3 Å². The summed E-state index contributed by atoms with van der Waals surface area (Å²) in [5, 5.41) is 0. The number of H-pyrrole nitrogens is 1. The van der Waals surface area contributed by atoms with E-state index in [1.54, 1.807) is 17.0 Å². The first-order chi connectivity index (χ1) is 14.6. The van der Waals surface area contributed by atoms with Crippen molar-refractivity contribution in [1.29, 1.82) is 0 Å². The Kier molecular flexibility index (Phi) is 5.48. The van der Waals surface area contributed by atoms with Crippen LogP contribution in [-0.2, 0) is 0 Å². The summed E-state index contributed by atoms with van der Waals surface area (Å²) in [7, 11) is 0. The summed E-state index contributed by atoms with van der Waals surface area (Å²) in [6.07, 6.45) is 1.89. The summed E-state index contributed by atoms with van der Waals surface area (Å²) in [6.45, 7) is 4.12. The van der Waals surface area contributed by atoms with E-state index in [9.17, 15) is 9.18 Å². The molecule has 150 valence electrons. The van der Waals surface area contributed by atoms with Crippen molar-refractivity contribution in [3.63, 3.8) is 0 Å². The van der Waals surface area contributed by atoms with E-state index >= 15 is 0 Å². The SMILES string of the molecule is CC(C)c1[nH]cc(-c2ccccc2)c1C(=O)N(c1ccccc1)c1ccc(F)cc1. The molecule has 4 aromatic rings. The van der Waals surface area contributed by atoms with Gasteiger partial charge in [0.1, 0.15) is 5.82 Å². The molecule has 0 spiro atoms. The lowest BCUT2D eigenvalue weighted by atomic mass is 9.97. The van der Waals surface area contributed by atoms with Crippen LogP contribution in [0.25, 0.3) is 11.1 Å². The van der Waals surface area contributed by atoms with E-state index in [1.165, 1.54) is 12.1 Å². The Morgan fingerprint density at radius 3 is 2.00 bits per heavy atom. The van der Waals surface area contributed by atoms with Crippen molar-refractivity contribution < 1.29 is 9.18 Å². The third kappa shape index (κ3) is 3.77. The standard InChI is InChI=1S/C26H23FN2O/c1-18(2)25-24(23(17-28-25)19-9-5-3-6-10-19)26(30)29(21-11-7-4-8-12-21)22-15-13-20(27)14-16-22/h3-18,28H,1-2H3. The van der Waals surface area contributed by atoms with Gasteiger partial charge in [0, 0.05) is 28.8 Å². The van der Waals surface area contributed by atoms with Crippen LogP contribution >= 0.6 is 0 Å². The number of para-hydroxylation sites is 1. The molecule has 0 unspecified atom stereocenters. The van der Waals surface area contributed by atoms with Gasteiger partial charge in [0.2, 0.25) is 0 Å². The van der Waals surface area contributed by atoms with Crippen molar-refractivity contribution in [3.05, 3.63) is 108 Å².